The molecule has 3 rings (SSSR count). The Morgan fingerprint density at radius 1 is 1.26 bits per heavy atom. The number of methoxy groups -OCH3 is 1. The zero-order chi connectivity index (χ0) is 25.4. The van der Waals surface area contributed by atoms with Gasteiger partial charge in [0, 0.05) is 25.0 Å². The molecule has 2 aliphatic heterocycles. The second-order valence-corrected chi connectivity index (χ2v) is 9.55. The van der Waals surface area contributed by atoms with Crippen molar-refractivity contribution in [1.82, 2.24) is 0 Å². The van der Waals surface area contributed by atoms with Gasteiger partial charge in [-0.2, -0.15) is 0 Å². The molecular formula is C25H36O9. The van der Waals surface area contributed by atoms with E-state index in [0.29, 0.717) is 25.5 Å². The third kappa shape index (κ3) is 4.35. The van der Waals surface area contributed by atoms with Crippen LogP contribution in [0.2, 0.25) is 0 Å². The van der Waals surface area contributed by atoms with Gasteiger partial charge in [0.05, 0.1) is 35.5 Å². The van der Waals surface area contributed by atoms with E-state index in [9.17, 15) is 30.0 Å². The molecule has 0 radical (unpaired) electrons. The highest BCUT2D eigenvalue weighted by atomic mass is 16.7. The molecule has 4 unspecified atom stereocenters. The van der Waals surface area contributed by atoms with Crippen molar-refractivity contribution in [3.05, 3.63) is 22.8 Å². The molecule has 9 heteroatoms. The molecule has 7 atom stereocenters. The highest BCUT2D eigenvalue weighted by molar-refractivity contribution is 6.04. The van der Waals surface area contributed by atoms with Gasteiger partial charge in [-0.25, -0.2) is 0 Å². The summed E-state index contributed by atoms with van der Waals surface area (Å²) in [6.45, 7) is 7.49. The summed E-state index contributed by atoms with van der Waals surface area (Å²) in [7, 11) is 1.46. The van der Waals surface area contributed by atoms with Gasteiger partial charge in [-0.05, 0) is 24.8 Å². The second-order valence-electron chi connectivity index (χ2n) is 9.55. The van der Waals surface area contributed by atoms with Crippen LogP contribution in [0.5, 0.6) is 11.5 Å². The fraction of sp³-hybridized carbons (Fsp3) is 0.680. The molecule has 2 aliphatic rings. The Labute approximate surface area is 199 Å². The molecule has 0 amide bonds. The van der Waals surface area contributed by atoms with Crippen LogP contribution < -0.4 is 0 Å². The van der Waals surface area contributed by atoms with Gasteiger partial charge >= 0.3 is 0 Å². The monoisotopic (exact) mass is 480 g/mol. The van der Waals surface area contributed by atoms with Crippen LogP contribution in [-0.2, 0) is 14.2 Å². The number of aliphatic hydroxyl groups excluding tert-OH is 2. The average Bonchev–Trinajstić information content (AvgIpc) is 3.53. The Kier molecular flexibility index (Phi) is 8.04. The van der Waals surface area contributed by atoms with Gasteiger partial charge < -0.3 is 34.6 Å². The van der Waals surface area contributed by atoms with Gasteiger partial charge in [0.1, 0.15) is 11.5 Å². The molecule has 2 fully saturated rings. The van der Waals surface area contributed by atoms with E-state index < -0.39 is 53.4 Å². The molecule has 4 N–H and O–H groups in total. The maximum atomic E-state index is 13.7. The van der Waals surface area contributed by atoms with Crippen LogP contribution in [0.4, 0.5) is 0 Å². The van der Waals surface area contributed by atoms with Crippen molar-refractivity contribution in [3.63, 3.8) is 0 Å². The van der Waals surface area contributed by atoms with Gasteiger partial charge in [0.15, 0.2) is 24.0 Å². The maximum Gasteiger partial charge on any atom is 0.189 e. The summed E-state index contributed by atoms with van der Waals surface area (Å²) in [6.07, 6.45) is -2.25. The van der Waals surface area contributed by atoms with Crippen LogP contribution in [0.3, 0.4) is 0 Å². The van der Waals surface area contributed by atoms with Gasteiger partial charge in [-0.15, -0.1) is 0 Å². The third-order valence-electron chi connectivity index (χ3n) is 7.10. The Morgan fingerprint density at radius 2 is 1.94 bits per heavy atom. The topological polar surface area (TPSA) is 146 Å². The third-order valence-corrected chi connectivity index (χ3v) is 7.10. The molecule has 9 nitrogen and oxygen atoms in total. The highest BCUT2D eigenvalue weighted by Crippen LogP contribution is 2.50. The van der Waals surface area contributed by atoms with Crippen molar-refractivity contribution >= 4 is 12.1 Å². The first-order chi connectivity index (χ1) is 16.1. The van der Waals surface area contributed by atoms with Gasteiger partial charge in [0.2, 0.25) is 0 Å². The van der Waals surface area contributed by atoms with Crippen molar-refractivity contribution in [2.75, 3.05) is 7.11 Å². The van der Waals surface area contributed by atoms with Crippen LogP contribution >= 0.6 is 0 Å². The number of aldehydes is 1. The molecule has 190 valence electrons. The van der Waals surface area contributed by atoms with Gasteiger partial charge in [-0.3, -0.25) is 9.59 Å². The van der Waals surface area contributed by atoms with E-state index in [1.807, 2.05) is 27.7 Å². The minimum Gasteiger partial charge on any atom is -0.507 e. The first-order valence-electron chi connectivity index (χ1n) is 11.9. The largest absolute Gasteiger partial charge is 0.507 e. The van der Waals surface area contributed by atoms with Crippen LogP contribution in [0.1, 0.15) is 85.8 Å². The lowest BCUT2D eigenvalue weighted by molar-refractivity contribution is -0.239. The van der Waals surface area contributed by atoms with Crippen molar-refractivity contribution in [2.45, 2.75) is 89.7 Å². The highest BCUT2D eigenvalue weighted by Gasteiger charge is 2.68. The number of phenolic OH excluding ortho intramolecular Hbond substituents is 2. The zero-order valence-electron chi connectivity index (χ0n) is 20.4. The number of hydrogen-bond donors (Lipinski definition) is 4. The fourth-order valence-electron chi connectivity index (χ4n) is 5.26. The minimum atomic E-state index is -1.40. The molecule has 0 bridgehead atoms. The predicted molar refractivity (Wildman–Crippen MR) is 122 cm³/mol. The number of carbonyl (C=O) groups is 2. The van der Waals surface area contributed by atoms with Crippen LogP contribution in [-0.4, -0.2) is 69.8 Å². The number of epoxide rings is 1. The normalized spacial score (nSPS) is 30.4. The van der Waals surface area contributed by atoms with E-state index in [0.717, 1.165) is 0 Å². The quantitative estimate of drug-likeness (QED) is 0.225. The van der Waals surface area contributed by atoms with Crippen molar-refractivity contribution in [3.8, 4) is 11.5 Å². The fourth-order valence-corrected chi connectivity index (χ4v) is 5.26. The van der Waals surface area contributed by atoms with E-state index in [2.05, 4.69) is 0 Å². The smallest absolute Gasteiger partial charge is 0.189 e. The Balaban J connectivity index is 1.99. The lowest BCUT2D eigenvalue weighted by Crippen LogP contribution is -2.55. The molecule has 1 aromatic carbocycles. The van der Waals surface area contributed by atoms with E-state index >= 15 is 0 Å². The minimum absolute atomic E-state index is 0.0723. The lowest BCUT2D eigenvalue weighted by atomic mass is 9.80. The molecule has 2 saturated heterocycles. The number of Topliss-reactive ketones (excluding diaryl/α,β-unsaturated/α-hetero) is 1. The molecule has 0 saturated carbocycles. The predicted octanol–water partition coefficient (Wildman–Crippen LogP) is 2.87. The standard InChI is InChI=1S/C25H36O9/c1-6-8-13(17-10-18(27)25(24(31)33-17)19(7-2)34-25)20(28)14-9-15(23(32-5)12(3)4)22(30)16(11-26)21(14)29/h9,11-13,17-19,23-24,27,29-31H,6-8,10H2,1-5H3/t13?,17?,18-,19+,23?,24-,25?/m1/s1. The first kappa shape index (κ1) is 26.6. The SMILES string of the molecule is CCCC(C(=O)c1cc(C(OC)C(C)C)c(O)c(C=O)c1O)C1C[C@@H](O)C2(O[C@H]2CC)[C@H](O)O1. The summed E-state index contributed by atoms with van der Waals surface area (Å²) in [4.78, 5) is 25.4. The van der Waals surface area contributed by atoms with Crippen molar-refractivity contribution < 1.29 is 44.2 Å². The summed E-state index contributed by atoms with van der Waals surface area (Å²) in [6, 6.07) is 1.35. The summed E-state index contributed by atoms with van der Waals surface area (Å²) in [5.74, 6) is -2.47. The number of hydrogen-bond acceptors (Lipinski definition) is 9. The molecule has 1 spiro atoms. The lowest BCUT2D eigenvalue weighted by Gasteiger charge is -2.39. The number of aliphatic hydroxyl groups is 2. The van der Waals surface area contributed by atoms with Gasteiger partial charge in [-0.1, -0.05) is 34.1 Å². The number of phenols is 2. The molecular weight excluding hydrogens is 444 g/mol. The molecule has 2 heterocycles. The second kappa shape index (κ2) is 10.3. The maximum absolute atomic E-state index is 13.7. The van der Waals surface area contributed by atoms with Crippen LogP contribution in [0.25, 0.3) is 0 Å². The number of rotatable bonds is 10. The summed E-state index contributed by atoms with van der Waals surface area (Å²) >= 11 is 0. The van der Waals surface area contributed by atoms with E-state index in [1.165, 1.54) is 13.2 Å². The van der Waals surface area contributed by atoms with Crippen molar-refractivity contribution in [1.29, 1.82) is 0 Å². The first-order valence-corrected chi connectivity index (χ1v) is 11.9. The molecule has 1 aromatic rings. The number of benzene rings is 1. The summed E-state index contributed by atoms with van der Waals surface area (Å²) in [5, 5.41) is 42.7. The Hall–Kier alpha value is -2.04. The average molecular weight is 481 g/mol. The number of ether oxygens (including phenoxy) is 3. The van der Waals surface area contributed by atoms with Crippen LogP contribution in [0.15, 0.2) is 6.07 Å². The zero-order valence-corrected chi connectivity index (χ0v) is 20.4. The van der Waals surface area contributed by atoms with E-state index in [4.69, 9.17) is 14.2 Å². The van der Waals surface area contributed by atoms with Crippen molar-refractivity contribution in [2.24, 2.45) is 11.8 Å². The number of carbonyl (C=O) groups excluding carboxylic acids is 2. The Bertz CT molecular complexity index is 900. The summed E-state index contributed by atoms with van der Waals surface area (Å²) in [5.41, 5.74) is -1.48. The molecule has 0 aliphatic carbocycles. The van der Waals surface area contributed by atoms with E-state index in [-0.39, 0.29) is 35.1 Å². The Morgan fingerprint density at radius 3 is 2.41 bits per heavy atom. The van der Waals surface area contributed by atoms with Gasteiger partial charge in [0.25, 0.3) is 0 Å². The van der Waals surface area contributed by atoms with E-state index in [1.54, 1.807) is 0 Å². The van der Waals surface area contributed by atoms with Crippen LogP contribution in [0, 0.1) is 11.8 Å². The molecule has 0 aromatic heterocycles. The number of ketones is 1. The summed E-state index contributed by atoms with van der Waals surface area (Å²) < 4.78 is 16.8. The molecule has 34 heavy (non-hydrogen) atoms. The number of aromatic hydroxyl groups is 2.